The number of hydrogen-bond acceptors (Lipinski definition) is 9. The molecule has 0 spiro atoms. The van der Waals surface area contributed by atoms with Gasteiger partial charge in [0, 0.05) is 32.5 Å². The van der Waals surface area contributed by atoms with Crippen LogP contribution in [0.5, 0.6) is 0 Å². The molecule has 0 unspecified atom stereocenters. The van der Waals surface area contributed by atoms with E-state index in [4.69, 9.17) is 4.74 Å². The third-order valence-electron chi connectivity index (χ3n) is 10.7. The number of aliphatic hydroxyl groups excluding tert-OH is 1. The van der Waals surface area contributed by atoms with Crippen LogP contribution in [0, 0.1) is 18.7 Å². The molecule has 9 atom stereocenters. The first-order valence-electron chi connectivity index (χ1n) is 19.2. The van der Waals surface area contributed by atoms with Gasteiger partial charge >= 0.3 is 5.97 Å². The summed E-state index contributed by atoms with van der Waals surface area (Å²) in [4.78, 5) is 101. The zero-order chi connectivity index (χ0) is 40.1. The van der Waals surface area contributed by atoms with Crippen LogP contribution in [0.2, 0.25) is 0 Å². The molecule has 4 aliphatic rings. The normalized spacial score (nSPS) is 30.0. The van der Waals surface area contributed by atoms with Gasteiger partial charge in [-0.05, 0) is 88.1 Å². The van der Waals surface area contributed by atoms with Crippen molar-refractivity contribution in [2.24, 2.45) is 5.92 Å². The summed E-state index contributed by atoms with van der Waals surface area (Å²) in [6, 6.07) is -3.00. The predicted octanol–water partition coefficient (Wildman–Crippen LogP) is 0.642. The summed E-state index contributed by atoms with van der Waals surface area (Å²) in [6.07, 6.45) is 2.40. The molecule has 15 nitrogen and oxygen atoms in total. The molecule has 0 bridgehead atoms. The number of piperidine rings is 1. The van der Waals surface area contributed by atoms with Crippen molar-refractivity contribution >= 4 is 41.4 Å². The molecule has 16 heteroatoms. The number of carbonyl (C=O) groups excluding carboxylic acids is 7. The first kappa shape index (κ1) is 41.3. The maximum atomic E-state index is 14.6. The Kier molecular flexibility index (Phi) is 13.3. The third kappa shape index (κ3) is 9.69. The van der Waals surface area contributed by atoms with Crippen molar-refractivity contribution in [3.8, 4) is 0 Å². The summed E-state index contributed by atoms with van der Waals surface area (Å²) in [7, 11) is 0. The number of halogens is 1. The van der Waals surface area contributed by atoms with E-state index in [0.717, 1.165) is 4.90 Å². The van der Waals surface area contributed by atoms with Gasteiger partial charge in [-0.2, -0.15) is 0 Å². The fraction of sp³-hybridized carbons (Fsp3) is 0.615. The van der Waals surface area contributed by atoms with Crippen LogP contribution >= 0.6 is 0 Å². The Balaban J connectivity index is 1.53. The lowest BCUT2D eigenvalue weighted by Crippen LogP contribution is -2.63. The lowest BCUT2D eigenvalue weighted by molar-refractivity contribution is -0.163. The number of benzene rings is 1. The minimum atomic E-state index is -1.63. The standard InChI is InChI=1S/C39H53FN6O9/c1-6-7-11-32(48)42-28(17-25-13-21(2)14-26(40)16-25)34(49)43-33-24(5)55-39(54)31-15-22(3)19-45(31)36(51)23(4)41-35(50)29-10-8-9-12-44(29)37(52)30-18-27(47)20-46(30)38(33)53/h7,11,13-14,16,22-24,27-31,33,47H,6,8-10,12,15,17-20H2,1-5H3,(H,41,50)(H,42,48)(H,43,49)/b11-7+/t22-,23+,24+,27-,28+,29+,30+,31+,33+/m1/s1. The monoisotopic (exact) mass is 768 g/mol. The molecule has 0 radical (unpaired) electrons. The number of carbonyl (C=O) groups is 7. The summed E-state index contributed by atoms with van der Waals surface area (Å²) >= 11 is 0. The molecule has 4 aliphatic heterocycles. The second kappa shape index (κ2) is 17.7. The molecule has 1 aromatic carbocycles. The van der Waals surface area contributed by atoms with Crippen LogP contribution in [-0.4, -0.2) is 129 Å². The number of rotatable bonds is 7. The van der Waals surface area contributed by atoms with Gasteiger partial charge < -0.3 is 40.5 Å². The summed E-state index contributed by atoms with van der Waals surface area (Å²) in [5.41, 5.74) is 0.975. The molecule has 1 aromatic rings. The number of aryl methyl sites for hydroxylation is 1. The molecule has 0 aromatic heterocycles. The highest BCUT2D eigenvalue weighted by atomic mass is 19.1. The number of cyclic esters (lactones) is 1. The Morgan fingerprint density at radius 3 is 2.40 bits per heavy atom. The third-order valence-corrected chi connectivity index (χ3v) is 10.7. The van der Waals surface area contributed by atoms with Gasteiger partial charge in [0.25, 0.3) is 0 Å². The Morgan fingerprint density at radius 2 is 1.69 bits per heavy atom. The van der Waals surface area contributed by atoms with Crippen LogP contribution in [0.15, 0.2) is 30.4 Å². The van der Waals surface area contributed by atoms with Gasteiger partial charge in [0.2, 0.25) is 35.4 Å². The molecule has 6 amide bonds. The quantitative estimate of drug-likeness (QED) is 0.228. The Labute approximate surface area is 320 Å². The SMILES string of the molecule is CC/C=C/C(=O)N[C@@H](Cc1cc(C)cc(F)c1)C(=O)N[C@@H]1C(=O)N2C[C@H](O)C[C@H]2C(=O)N2CCCC[C@H]2C(=O)N[C@@H](C)C(=O)N2C[C@H](C)C[C@H]2C(=O)O[C@H]1C. The van der Waals surface area contributed by atoms with E-state index in [1.807, 2.05) is 13.8 Å². The van der Waals surface area contributed by atoms with Gasteiger partial charge in [0.1, 0.15) is 48.2 Å². The van der Waals surface area contributed by atoms with E-state index in [2.05, 4.69) is 16.0 Å². The van der Waals surface area contributed by atoms with Crippen molar-refractivity contribution in [3.63, 3.8) is 0 Å². The largest absolute Gasteiger partial charge is 0.458 e. The van der Waals surface area contributed by atoms with Crippen molar-refractivity contribution in [2.75, 3.05) is 19.6 Å². The zero-order valence-electron chi connectivity index (χ0n) is 32.1. The lowest BCUT2D eigenvalue weighted by Gasteiger charge is -2.39. The molecule has 4 heterocycles. The molecule has 300 valence electrons. The second-order valence-electron chi connectivity index (χ2n) is 15.4. The van der Waals surface area contributed by atoms with Crippen LogP contribution < -0.4 is 16.0 Å². The maximum Gasteiger partial charge on any atom is 0.329 e. The van der Waals surface area contributed by atoms with Gasteiger partial charge in [-0.1, -0.05) is 26.0 Å². The van der Waals surface area contributed by atoms with Crippen LogP contribution in [0.3, 0.4) is 0 Å². The van der Waals surface area contributed by atoms with Crippen molar-refractivity contribution in [1.82, 2.24) is 30.7 Å². The van der Waals surface area contributed by atoms with Crippen molar-refractivity contribution in [3.05, 3.63) is 47.3 Å². The molecule has 0 aliphatic carbocycles. The average molecular weight is 769 g/mol. The highest BCUT2D eigenvalue weighted by molar-refractivity contribution is 5.98. The van der Waals surface area contributed by atoms with E-state index in [1.165, 1.54) is 41.9 Å². The van der Waals surface area contributed by atoms with Crippen molar-refractivity contribution in [2.45, 2.75) is 128 Å². The topological polar surface area (TPSA) is 195 Å². The number of hydrogen-bond donors (Lipinski definition) is 4. The van der Waals surface area contributed by atoms with Gasteiger partial charge in [0.15, 0.2) is 0 Å². The number of amides is 6. The number of nitrogens with one attached hydrogen (secondary N) is 3. The number of esters is 1. The number of nitrogens with zero attached hydrogens (tertiary/aromatic N) is 3. The first-order chi connectivity index (χ1) is 26.1. The first-order valence-corrected chi connectivity index (χ1v) is 19.2. The second-order valence-corrected chi connectivity index (χ2v) is 15.4. The van der Waals surface area contributed by atoms with E-state index in [0.29, 0.717) is 36.8 Å². The summed E-state index contributed by atoms with van der Waals surface area (Å²) in [6.45, 7) is 8.42. The molecule has 0 saturated carbocycles. The highest BCUT2D eigenvalue weighted by Crippen LogP contribution is 2.29. The highest BCUT2D eigenvalue weighted by Gasteiger charge is 2.49. The zero-order valence-corrected chi connectivity index (χ0v) is 32.1. The number of allylic oxidation sites excluding steroid dienone is 1. The maximum absolute atomic E-state index is 14.6. The van der Waals surface area contributed by atoms with Crippen LogP contribution in [0.1, 0.15) is 77.3 Å². The van der Waals surface area contributed by atoms with Crippen molar-refractivity contribution < 1.29 is 47.8 Å². The van der Waals surface area contributed by atoms with Gasteiger partial charge in [-0.15, -0.1) is 0 Å². The Morgan fingerprint density at radius 1 is 0.964 bits per heavy atom. The number of ether oxygens (including phenoxy) is 1. The molecular weight excluding hydrogens is 715 g/mol. The smallest absolute Gasteiger partial charge is 0.329 e. The summed E-state index contributed by atoms with van der Waals surface area (Å²) in [5, 5.41) is 18.9. The van der Waals surface area contributed by atoms with Gasteiger partial charge in [-0.3, -0.25) is 28.8 Å². The molecule has 55 heavy (non-hydrogen) atoms. The molecule has 4 saturated heterocycles. The predicted molar refractivity (Wildman–Crippen MR) is 196 cm³/mol. The van der Waals surface area contributed by atoms with E-state index < -0.39 is 95.7 Å². The van der Waals surface area contributed by atoms with E-state index in [1.54, 1.807) is 19.1 Å². The average Bonchev–Trinajstić information content (AvgIpc) is 3.73. The molecule has 5 rings (SSSR count). The van der Waals surface area contributed by atoms with Crippen molar-refractivity contribution in [1.29, 1.82) is 0 Å². The van der Waals surface area contributed by atoms with Gasteiger partial charge in [0.05, 0.1) is 6.10 Å². The van der Waals surface area contributed by atoms with Crippen LogP contribution in [0.4, 0.5) is 4.39 Å². The molecule has 4 fully saturated rings. The Bertz CT molecular complexity index is 1680. The van der Waals surface area contributed by atoms with Crippen LogP contribution in [0.25, 0.3) is 0 Å². The van der Waals surface area contributed by atoms with Gasteiger partial charge in [-0.25, -0.2) is 9.18 Å². The lowest BCUT2D eigenvalue weighted by atomic mass is 9.98. The summed E-state index contributed by atoms with van der Waals surface area (Å²) in [5.74, 6) is -5.41. The minimum Gasteiger partial charge on any atom is -0.458 e. The molecular formula is C39H53FN6O9. The summed E-state index contributed by atoms with van der Waals surface area (Å²) < 4.78 is 20.3. The van der Waals surface area contributed by atoms with E-state index in [-0.39, 0.29) is 44.8 Å². The molecule has 4 N–H and O–H groups in total. The Hall–Kier alpha value is -4.86. The van der Waals surface area contributed by atoms with Crippen LogP contribution in [-0.2, 0) is 44.7 Å². The number of aliphatic hydroxyl groups is 1. The fourth-order valence-corrected chi connectivity index (χ4v) is 8.05. The van der Waals surface area contributed by atoms with E-state index in [9.17, 15) is 43.1 Å². The fourth-order valence-electron chi connectivity index (χ4n) is 8.05. The minimum absolute atomic E-state index is 0.102. The van der Waals surface area contributed by atoms with E-state index >= 15 is 0 Å². The number of fused-ring (bicyclic) bond motifs is 3.